The minimum absolute atomic E-state index is 0.00569. The van der Waals surface area contributed by atoms with Crippen molar-refractivity contribution < 1.29 is 19.1 Å². The average molecular weight is 381 g/mol. The Morgan fingerprint density at radius 3 is 2.14 bits per heavy atom. The van der Waals surface area contributed by atoms with Gasteiger partial charge in [0.05, 0.1) is 13.7 Å². The first-order valence-electron chi connectivity index (χ1n) is 9.46. The maximum Gasteiger partial charge on any atom is 0.331 e. The maximum absolute atomic E-state index is 12.5. The second-order valence-corrected chi connectivity index (χ2v) is 6.10. The minimum atomic E-state index is -0.413. The summed E-state index contributed by atoms with van der Waals surface area (Å²) < 4.78 is 10.4. The van der Waals surface area contributed by atoms with Crippen molar-refractivity contribution in [3.05, 3.63) is 71.3 Å². The summed E-state index contributed by atoms with van der Waals surface area (Å²) in [7, 11) is 1.60. The summed E-state index contributed by atoms with van der Waals surface area (Å²) in [5.41, 5.74) is 2.97. The number of nitrogens with zero attached hydrogens (tertiary/aromatic N) is 1. The number of esters is 1. The largest absolute Gasteiger partial charge is 0.497 e. The number of carbonyl (C=O) groups is 2. The van der Waals surface area contributed by atoms with E-state index < -0.39 is 5.97 Å². The van der Waals surface area contributed by atoms with E-state index in [0.29, 0.717) is 36.6 Å². The van der Waals surface area contributed by atoms with Crippen LogP contribution in [0, 0.1) is 0 Å². The lowest BCUT2D eigenvalue weighted by Gasteiger charge is -2.19. The van der Waals surface area contributed by atoms with E-state index in [2.05, 4.69) is 0 Å². The molecule has 0 bridgehead atoms. The van der Waals surface area contributed by atoms with Gasteiger partial charge in [-0.1, -0.05) is 24.3 Å². The van der Waals surface area contributed by atoms with Crippen LogP contribution >= 0.6 is 0 Å². The Labute approximate surface area is 166 Å². The SMILES string of the molecule is CCOC(=O)C=C(c1ccc(C(=O)N(CC)CC)cc1)c1cccc(OC)c1. The molecule has 0 unspecified atom stereocenters. The predicted octanol–water partition coefficient (Wildman–Crippen LogP) is 4.17. The van der Waals surface area contributed by atoms with Crippen molar-refractivity contribution >= 4 is 17.4 Å². The fraction of sp³-hybridized carbons (Fsp3) is 0.304. The first-order chi connectivity index (χ1) is 13.5. The van der Waals surface area contributed by atoms with E-state index in [0.717, 1.165) is 11.1 Å². The number of hydrogen-bond donors (Lipinski definition) is 0. The number of methoxy groups -OCH3 is 1. The van der Waals surface area contributed by atoms with Gasteiger partial charge in [0.15, 0.2) is 0 Å². The van der Waals surface area contributed by atoms with Gasteiger partial charge in [0.25, 0.3) is 5.91 Å². The zero-order chi connectivity index (χ0) is 20.5. The Morgan fingerprint density at radius 1 is 0.929 bits per heavy atom. The lowest BCUT2D eigenvalue weighted by molar-refractivity contribution is -0.137. The van der Waals surface area contributed by atoms with Gasteiger partial charge in [-0.15, -0.1) is 0 Å². The summed E-state index contributed by atoms with van der Waals surface area (Å²) in [5.74, 6) is 0.276. The second-order valence-electron chi connectivity index (χ2n) is 6.10. The van der Waals surface area contributed by atoms with Gasteiger partial charge in [0.2, 0.25) is 0 Å². The summed E-state index contributed by atoms with van der Waals surface area (Å²) in [6.45, 7) is 7.31. The van der Waals surface area contributed by atoms with Crippen LogP contribution < -0.4 is 4.74 Å². The van der Waals surface area contributed by atoms with Crippen LogP contribution in [-0.2, 0) is 9.53 Å². The normalized spacial score (nSPS) is 11.1. The zero-order valence-corrected chi connectivity index (χ0v) is 16.9. The smallest absolute Gasteiger partial charge is 0.331 e. The predicted molar refractivity (Wildman–Crippen MR) is 110 cm³/mol. The number of benzene rings is 2. The highest BCUT2D eigenvalue weighted by molar-refractivity contribution is 5.98. The molecule has 0 spiro atoms. The monoisotopic (exact) mass is 381 g/mol. The molecule has 28 heavy (non-hydrogen) atoms. The van der Waals surface area contributed by atoms with Gasteiger partial charge in [0, 0.05) is 24.7 Å². The summed E-state index contributed by atoms with van der Waals surface area (Å²) in [6, 6.07) is 14.7. The molecule has 2 rings (SSSR count). The number of carbonyl (C=O) groups excluding carboxylic acids is 2. The fourth-order valence-corrected chi connectivity index (χ4v) is 2.91. The molecule has 148 valence electrons. The van der Waals surface area contributed by atoms with Crippen molar-refractivity contribution in [3.8, 4) is 5.75 Å². The highest BCUT2D eigenvalue weighted by atomic mass is 16.5. The average Bonchev–Trinajstić information content (AvgIpc) is 2.73. The molecule has 0 aliphatic heterocycles. The van der Waals surface area contributed by atoms with Crippen LogP contribution in [0.4, 0.5) is 0 Å². The Bertz CT molecular complexity index is 836. The summed E-state index contributed by atoms with van der Waals surface area (Å²) in [6.07, 6.45) is 1.47. The molecule has 5 heteroatoms. The van der Waals surface area contributed by atoms with E-state index in [-0.39, 0.29) is 5.91 Å². The summed E-state index contributed by atoms with van der Waals surface area (Å²) in [5, 5.41) is 0. The van der Waals surface area contributed by atoms with E-state index in [1.807, 2.05) is 50.2 Å². The van der Waals surface area contributed by atoms with Gasteiger partial charge < -0.3 is 14.4 Å². The van der Waals surface area contributed by atoms with Crippen molar-refractivity contribution in [1.29, 1.82) is 0 Å². The van der Waals surface area contributed by atoms with E-state index >= 15 is 0 Å². The molecule has 0 fully saturated rings. The number of ether oxygens (including phenoxy) is 2. The molecule has 0 N–H and O–H groups in total. The Kier molecular flexibility index (Phi) is 7.81. The second kappa shape index (κ2) is 10.3. The van der Waals surface area contributed by atoms with Crippen LogP contribution in [0.25, 0.3) is 5.57 Å². The number of rotatable bonds is 8. The van der Waals surface area contributed by atoms with Crippen molar-refractivity contribution in [2.75, 3.05) is 26.8 Å². The standard InChI is InChI=1S/C23H27NO4/c1-5-24(6-2)23(26)18-13-11-17(12-14-18)21(16-22(25)28-7-3)19-9-8-10-20(15-19)27-4/h8-16H,5-7H2,1-4H3. The first-order valence-corrected chi connectivity index (χ1v) is 9.46. The quantitative estimate of drug-likeness (QED) is 0.509. The van der Waals surface area contributed by atoms with Crippen LogP contribution in [0.15, 0.2) is 54.6 Å². The molecule has 0 aliphatic carbocycles. The highest BCUT2D eigenvalue weighted by Gasteiger charge is 2.14. The van der Waals surface area contributed by atoms with E-state index in [1.165, 1.54) is 6.08 Å². The molecular formula is C23H27NO4. The van der Waals surface area contributed by atoms with E-state index in [4.69, 9.17) is 9.47 Å². The molecule has 5 nitrogen and oxygen atoms in total. The maximum atomic E-state index is 12.5. The van der Waals surface area contributed by atoms with Crippen LogP contribution in [0.1, 0.15) is 42.3 Å². The third-order valence-electron chi connectivity index (χ3n) is 4.42. The fourth-order valence-electron chi connectivity index (χ4n) is 2.91. The zero-order valence-electron chi connectivity index (χ0n) is 16.9. The van der Waals surface area contributed by atoms with Gasteiger partial charge in [-0.3, -0.25) is 4.79 Å². The molecule has 0 atom stereocenters. The van der Waals surface area contributed by atoms with Gasteiger partial charge in [0.1, 0.15) is 5.75 Å². The number of amides is 1. The van der Waals surface area contributed by atoms with E-state index in [9.17, 15) is 9.59 Å². The van der Waals surface area contributed by atoms with Crippen molar-refractivity contribution in [2.24, 2.45) is 0 Å². The van der Waals surface area contributed by atoms with E-state index in [1.54, 1.807) is 31.1 Å². The Hall–Kier alpha value is -3.08. The van der Waals surface area contributed by atoms with Crippen LogP contribution in [0.2, 0.25) is 0 Å². The van der Waals surface area contributed by atoms with Crippen LogP contribution in [-0.4, -0.2) is 43.6 Å². The Balaban J connectivity index is 2.43. The highest BCUT2D eigenvalue weighted by Crippen LogP contribution is 2.27. The first kappa shape index (κ1) is 21.2. The summed E-state index contributed by atoms with van der Waals surface area (Å²) >= 11 is 0. The number of hydrogen-bond acceptors (Lipinski definition) is 4. The van der Waals surface area contributed by atoms with Gasteiger partial charge >= 0.3 is 5.97 Å². The lowest BCUT2D eigenvalue weighted by Crippen LogP contribution is -2.30. The van der Waals surface area contributed by atoms with Crippen molar-refractivity contribution in [3.63, 3.8) is 0 Å². The molecule has 0 heterocycles. The van der Waals surface area contributed by atoms with Gasteiger partial charge in [-0.05, 0) is 61.7 Å². The van der Waals surface area contributed by atoms with Crippen molar-refractivity contribution in [1.82, 2.24) is 4.90 Å². The lowest BCUT2D eigenvalue weighted by atomic mass is 9.96. The molecular weight excluding hydrogens is 354 g/mol. The van der Waals surface area contributed by atoms with Gasteiger partial charge in [-0.25, -0.2) is 4.79 Å². The molecule has 0 saturated carbocycles. The molecule has 2 aromatic rings. The molecule has 1 amide bonds. The molecule has 2 aromatic carbocycles. The molecule has 0 aliphatic rings. The molecule has 0 radical (unpaired) electrons. The third kappa shape index (κ3) is 5.22. The third-order valence-corrected chi connectivity index (χ3v) is 4.42. The van der Waals surface area contributed by atoms with Crippen LogP contribution in [0.5, 0.6) is 5.75 Å². The Morgan fingerprint density at radius 2 is 1.57 bits per heavy atom. The molecule has 0 saturated heterocycles. The van der Waals surface area contributed by atoms with Crippen molar-refractivity contribution in [2.45, 2.75) is 20.8 Å². The molecule has 0 aromatic heterocycles. The van der Waals surface area contributed by atoms with Crippen LogP contribution in [0.3, 0.4) is 0 Å². The van der Waals surface area contributed by atoms with Gasteiger partial charge in [-0.2, -0.15) is 0 Å². The summed E-state index contributed by atoms with van der Waals surface area (Å²) in [4.78, 5) is 26.4. The topological polar surface area (TPSA) is 55.8 Å². The minimum Gasteiger partial charge on any atom is -0.497 e.